The number of nitrogens with two attached hydrogens (primary N) is 1. The maximum atomic E-state index is 13.6. The lowest BCUT2D eigenvalue weighted by Crippen LogP contribution is -2.48. The molecule has 1 heterocycles. The summed E-state index contributed by atoms with van der Waals surface area (Å²) in [5, 5.41) is 23.1. The summed E-state index contributed by atoms with van der Waals surface area (Å²) in [6.07, 6.45) is 6.99. The van der Waals surface area contributed by atoms with Crippen molar-refractivity contribution < 1.29 is 14.4 Å². The van der Waals surface area contributed by atoms with Crippen LogP contribution < -0.4 is 21.7 Å². The number of anilines is 1. The van der Waals surface area contributed by atoms with Gasteiger partial charge in [-0.1, -0.05) is 30.3 Å². The van der Waals surface area contributed by atoms with Gasteiger partial charge in [0.05, 0.1) is 0 Å². The summed E-state index contributed by atoms with van der Waals surface area (Å²) in [5.74, 6) is 0.365. The average Bonchev–Trinajstić information content (AvgIpc) is 3.62. The molecule has 48 heavy (non-hydrogen) atoms. The lowest BCUT2D eigenvalue weighted by atomic mass is 9.81. The number of rotatable bonds is 11. The van der Waals surface area contributed by atoms with Gasteiger partial charge in [0, 0.05) is 35.2 Å². The topological polar surface area (TPSA) is 168 Å². The maximum Gasteiger partial charge on any atom is 0.251 e. The molecule has 3 aromatic carbocycles. The summed E-state index contributed by atoms with van der Waals surface area (Å²) in [7, 11) is 0. The third kappa shape index (κ3) is 8.45. The molecule has 4 aromatic rings. The number of nitrogens with zero attached hydrogens (tertiary/aromatic N) is 3. The minimum absolute atomic E-state index is 0. The minimum atomic E-state index is -0.771. The first kappa shape index (κ1) is 34.7. The van der Waals surface area contributed by atoms with Crippen molar-refractivity contribution >= 4 is 35.8 Å². The van der Waals surface area contributed by atoms with Crippen LogP contribution in [0.3, 0.4) is 0 Å². The molecule has 3 amide bonds. The van der Waals surface area contributed by atoms with E-state index < -0.39 is 6.04 Å². The average molecular weight is 671 g/mol. The van der Waals surface area contributed by atoms with E-state index in [1.54, 1.807) is 24.3 Å². The number of hydrogen-bond acceptors (Lipinski definition) is 7. The second kappa shape index (κ2) is 16.0. The van der Waals surface area contributed by atoms with Crippen LogP contribution in [0.25, 0.3) is 22.5 Å². The predicted octanol–water partition coefficient (Wildman–Crippen LogP) is 4.98. The number of aryl methyl sites for hydroxylation is 1. The van der Waals surface area contributed by atoms with Crippen LogP contribution in [-0.2, 0) is 16.0 Å². The second-order valence-corrected chi connectivity index (χ2v) is 12.8. The van der Waals surface area contributed by atoms with E-state index in [9.17, 15) is 14.4 Å². The second-order valence-electron chi connectivity index (χ2n) is 12.8. The fourth-order valence-corrected chi connectivity index (χ4v) is 6.38. The van der Waals surface area contributed by atoms with E-state index in [4.69, 9.17) is 5.73 Å². The van der Waals surface area contributed by atoms with Crippen LogP contribution in [0.2, 0.25) is 0 Å². The Morgan fingerprint density at radius 1 is 0.917 bits per heavy atom. The highest BCUT2D eigenvalue weighted by Crippen LogP contribution is 2.29. The molecule has 252 valence electrons. The Hall–Kier alpha value is -4.61. The standard InChI is InChI=1S/C36H42N8O3.ClH/c1-22-19-28(35(46)38-29-3-2-4-29)15-18-31(22)25-9-5-23(6-10-25)20-32(40-34(45)27-11-7-24(21-37)8-12-27)36(47)39-30-16-13-26(14-17-30)33-41-43-44-42-33;/h5-6,9-10,13-19,24,27,29,32H,2-4,7-8,11-12,20-21,37H2,1H3,(H,38,46)(H,39,47)(H,40,45)(H,41,42,43,44);1H/t24?,27?,32-;/m0./s1. The number of carbonyl (C=O) groups is 3. The van der Waals surface area contributed by atoms with Gasteiger partial charge in [-0.3, -0.25) is 14.4 Å². The Morgan fingerprint density at radius 2 is 1.62 bits per heavy atom. The van der Waals surface area contributed by atoms with Gasteiger partial charge in [-0.2, -0.15) is 5.21 Å². The molecular formula is C36H43ClN8O3. The fourth-order valence-electron chi connectivity index (χ4n) is 6.38. The molecule has 6 N–H and O–H groups in total. The van der Waals surface area contributed by atoms with Crippen molar-refractivity contribution in [1.82, 2.24) is 31.3 Å². The lowest BCUT2D eigenvalue weighted by molar-refractivity contribution is -0.130. The quantitative estimate of drug-likeness (QED) is 0.150. The van der Waals surface area contributed by atoms with Gasteiger partial charge in [0.25, 0.3) is 5.91 Å². The highest BCUT2D eigenvalue weighted by atomic mass is 35.5. The van der Waals surface area contributed by atoms with Crippen LogP contribution in [-0.4, -0.2) is 57.0 Å². The van der Waals surface area contributed by atoms with Gasteiger partial charge < -0.3 is 21.7 Å². The molecule has 2 aliphatic rings. The van der Waals surface area contributed by atoms with Crippen molar-refractivity contribution in [3.63, 3.8) is 0 Å². The first-order chi connectivity index (χ1) is 22.9. The van der Waals surface area contributed by atoms with E-state index in [2.05, 4.69) is 36.6 Å². The summed E-state index contributed by atoms with van der Waals surface area (Å²) in [4.78, 5) is 39.7. The largest absolute Gasteiger partial charge is 0.349 e. The number of hydrogen-bond donors (Lipinski definition) is 5. The number of tetrazole rings is 1. The molecular weight excluding hydrogens is 628 g/mol. The monoisotopic (exact) mass is 670 g/mol. The fraction of sp³-hybridized carbons (Fsp3) is 0.389. The third-order valence-electron chi connectivity index (χ3n) is 9.57. The number of H-pyrrole nitrogens is 1. The first-order valence-corrected chi connectivity index (χ1v) is 16.5. The number of carbonyl (C=O) groups excluding carboxylic acids is 3. The molecule has 12 heteroatoms. The van der Waals surface area contributed by atoms with Gasteiger partial charge in [-0.05, 0) is 128 Å². The van der Waals surface area contributed by atoms with Gasteiger partial charge in [0.15, 0.2) is 0 Å². The van der Waals surface area contributed by atoms with Crippen molar-refractivity contribution in [1.29, 1.82) is 0 Å². The van der Waals surface area contributed by atoms with Gasteiger partial charge in [-0.25, -0.2) is 0 Å². The number of nitrogens with one attached hydrogen (secondary N) is 4. The van der Waals surface area contributed by atoms with Crippen molar-refractivity contribution in [3.05, 3.63) is 83.4 Å². The summed E-state index contributed by atoms with van der Waals surface area (Å²) in [5.41, 5.74) is 11.9. The predicted molar refractivity (Wildman–Crippen MR) is 187 cm³/mol. The van der Waals surface area contributed by atoms with Gasteiger partial charge in [0.2, 0.25) is 17.6 Å². The highest BCUT2D eigenvalue weighted by molar-refractivity contribution is 5.98. The molecule has 2 fully saturated rings. The molecule has 0 radical (unpaired) electrons. The van der Waals surface area contributed by atoms with E-state index >= 15 is 0 Å². The minimum Gasteiger partial charge on any atom is -0.349 e. The summed E-state index contributed by atoms with van der Waals surface area (Å²) >= 11 is 0. The zero-order valence-corrected chi connectivity index (χ0v) is 27.9. The maximum absolute atomic E-state index is 13.6. The molecule has 2 aliphatic carbocycles. The van der Waals surface area contributed by atoms with E-state index in [1.807, 2.05) is 49.4 Å². The number of halogens is 1. The van der Waals surface area contributed by atoms with E-state index in [0.29, 0.717) is 42.0 Å². The molecule has 1 aromatic heterocycles. The van der Waals surface area contributed by atoms with Crippen LogP contribution in [0.5, 0.6) is 0 Å². The molecule has 0 unspecified atom stereocenters. The van der Waals surface area contributed by atoms with Crippen LogP contribution in [0.1, 0.15) is 66.4 Å². The molecule has 0 saturated heterocycles. The van der Waals surface area contributed by atoms with E-state index in [1.165, 1.54) is 6.42 Å². The zero-order valence-electron chi connectivity index (χ0n) is 27.1. The molecule has 2 saturated carbocycles. The molecule has 0 bridgehead atoms. The van der Waals surface area contributed by atoms with Crippen LogP contribution in [0.4, 0.5) is 5.69 Å². The van der Waals surface area contributed by atoms with Gasteiger partial charge in [0.1, 0.15) is 6.04 Å². The third-order valence-corrected chi connectivity index (χ3v) is 9.57. The zero-order chi connectivity index (χ0) is 32.8. The first-order valence-electron chi connectivity index (χ1n) is 16.5. The SMILES string of the molecule is Cc1cc(C(=O)NC2CCC2)ccc1-c1ccc(C[C@H](NC(=O)C2CCC(CN)CC2)C(=O)Nc2ccc(-c3nn[nH]n3)cc2)cc1.Cl. The molecule has 0 aliphatic heterocycles. The van der Waals surface area contributed by atoms with Crippen LogP contribution in [0, 0.1) is 18.8 Å². The normalized spacial score (nSPS) is 18.1. The molecule has 6 rings (SSSR count). The number of aromatic amines is 1. The van der Waals surface area contributed by atoms with Crippen LogP contribution >= 0.6 is 12.4 Å². The Balaban J connectivity index is 0.00000451. The van der Waals surface area contributed by atoms with Crippen molar-refractivity contribution in [2.45, 2.75) is 70.4 Å². The highest BCUT2D eigenvalue weighted by Gasteiger charge is 2.29. The summed E-state index contributed by atoms with van der Waals surface area (Å²) in [6.45, 7) is 2.65. The van der Waals surface area contributed by atoms with Gasteiger partial charge >= 0.3 is 0 Å². The number of aromatic nitrogens is 4. The summed E-state index contributed by atoms with van der Waals surface area (Å²) < 4.78 is 0. The molecule has 0 spiro atoms. The van der Waals surface area contributed by atoms with E-state index in [-0.39, 0.29) is 36.0 Å². The Kier molecular flexibility index (Phi) is 11.6. The summed E-state index contributed by atoms with van der Waals surface area (Å²) in [6, 6.07) is 20.5. The number of benzene rings is 3. The Labute approximate surface area is 286 Å². The Bertz CT molecular complexity index is 1680. The number of amides is 3. The molecule has 11 nitrogen and oxygen atoms in total. The smallest absolute Gasteiger partial charge is 0.251 e. The van der Waals surface area contributed by atoms with Crippen molar-refractivity contribution in [3.8, 4) is 22.5 Å². The Morgan fingerprint density at radius 3 is 2.23 bits per heavy atom. The van der Waals surface area contributed by atoms with Gasteiger partial charge in [-0.15, -0.1) is 22.6 Å². The van der Waals surface area contributed by atoms with Crippen molar-refractivity contribution in [2.75, 3.05) is 11.9 Å². The van der Waals surface area contributed by atoms with Crippen molar-refractivity contribution in [2.24, 2.45) is 17.6 Å². The van der Waals surface area contributed by atoms with E-state index in [0.717, 1.165) is 66.3 Å². The lowest BCUT2D eigenvalue weighted by Gasteiger charge is -2.28. The van der Waals surface area contributed by atoms with Crippen LogP contribution in [0.15, 0.2) is 66.7 Å². The molecule has 1 atom stereocenters.